The van der Waals surface area contributed by atoms with Crippen LogP contribution in [0.15, 0.2) is 63.4 Å². The summed E-state index contributed by atoms with van der Waals surface area (Å²) in [5.41, 5.74) is 3.04. The van der Waals surface area contributed by atoms with Crippen molar-refractivity contribution in [3.05, 3.63) is 79.7 Å². The molecule has 0 aliphatic rings. The van der Waals surface area contributed by atoms with E-state index in [1.807, 2.05) is 44.2 Å². The van der Waals surface area contributed by atoms with E-state index >= 15 is 0 Å². The second kappa shape index (κ2) is 9.08. The number of pyridine rings is 1. The normalized spacial score (nSPS) is 12.0. The van der Waals surface area contributed by atoms with Gasteiger partial charge in [-0.05, 0) is 55.1 Å². The lowest BCUT2D eigenvalue weighted by Crippen LogP contribution is -2.25. The maximum absolute atomic E-state index is 13.0. The van der Waals surface area contributed by atoms with Crippen LogP contribution in [0.25, 0.3) is 21.9 Å². The van der Waals surface area contributed by atoms with Gasteiger partial charge in [-0.15, -0.1) is 0 Å². The first kappa shape index (κ1) is 21.5. The molecule has 0 saturated carbocycles. The molecule has 0 bridgehead atoms. The Hall–Kier alpha value is -2.21. The topological polar surface area (TPSA) is 48.3 Å². The summed E-state index contributed by atoms with van der Waals surface area (Å²) in [6.45, 7) is 4.19. The minimum Gasteiger partial charge on any atom is -0.360 e. The third kappa shape index (κ3) is 4.53. The summed E-state index contributed by atoms with van der Waals surface area (Å²) in [5.74, 6) is 0. The molecule has 0 amide bonds. The van der Waals surface area contributed by atoms with E-state index in [2.05, 4.69) is 15.9 Å². The monoisotopic (exact) mass is 473 g/mol. The van der Waals surface area contributed by atoms with Crippen LogP contribution in [0.3, 0.4) is 0 Å². The van der Waals surface area contributed by atoms with Gasteiger partial charge in [0.2, 0.25) is 0 Å². The number of fused-ring (bicyclic) bond motifs is 1. The number of hydrogen-bond acceptors (Lipinski definition) is 3. The number of hydrogen-bond donors (Lipinski definition) is 0. The van der Waals surface area contributed by atoms with Gasteiger partial charge >= 0.3 is 0 Å². The minimum atomic E-state index is -0.891. The fourth-order valence-electron chi connectivity index (χ4n) is 3.26. The number of benzene rings is 2. The number of allylic oxidation sites excluding steroid dienone is 1. The van der Waals surface area contributed by atoms with E-state index in [4.69, 9.17) is 16.3 Å². The van der Waals surface area contributed by atoms with E-state index in [9.17, 15) is 9.59 Å². The van der Waals surface area contributed by atoms with E-state index in [-0.39, 0.29) is 12.2 Å². The Morgan fingerprint density at radius 1 is 1.17 bits per heavy atom. The predicted molar refractivity (Wildman–Crippen MR) is 122 cm³/mol. The zero-order valence-electron chi connectivity index (χ0n) is 16.4. The van der Waals surface area contributed by atoms with Crippen LogP contribution < -0.4 is 5.56 Å². The van der Waals surface area contributed by atoms with Crippen LogP contribution >= 0.6 is 27.5 Å². The summed E-state index contributed by atoms with van der Waals surface area (Å²) < 4.78 is 8.19. The maximum Gasteiger partial charge on any atom is 0.258 e. The summed E-state index contributed by atoms with van der Waals surface area (Å²) in [4.78, 5) is 25.0. The standard InChI is InChI=1S/C23H21BrClNO3/c1-14(2)10-11-29-20(13-27)22-21(15-4-7-17(25)8-5-15)19-12-16(24)6-9-18(19)23(28)26(22)3/h4-10,12-13,20H,11H2,1-3H3. The lowest BCUT2D eigenvalue weighted by molar-refractivity contribution is -0.118. The lowest BCUT2D eigenvalue weighted by atomic mass is 9.95. The molecule has 0 radical (unpaired) electrons. The molecule has 3 rings (SSSR count). The molecule has 0 aliphatic carbocycles. The number of carbonyl (C=O) groups is 1. The van der Waals surface area contributed by atoms with Gasteiger partial charge in [-0.3, -0.25) is 4.79 Å². The molecule has 4 nitrogen and oxygen atoms in total. The van der Waals surface area contributed by atoms with Crippen LogP contribution in [0.5, 0.6) is 0 Å². The summed E-state index contributed by atoms with van der Waals surface area (Å²) in [6.07, 6.45) is 1.74. The highest BCUT2D eigenvalue weighted by molar-refractivity contribution is 9.10. The van der Waals surface area contributed by atoms with Crippen molar-refractivity contribution in [1.29, 1.82) is 0 Å². The van der Waals surface area contributed by atoms with Gasteiger partial charge in [0.25, 0.3) is 5.56 Å². The molecular formula is C23H21BrClNO3. The Bertz CT molecular complexity index is 1150. The molecule has 1 atom stereocenters. The van der Waals surface area contributed by atoms with Crippen LogP contribution in [0.1, 0.15) is 25.6 Å². The zero-order valence-corrected chi connectivity index (χ0v) is 18.8. The molecule has 1 aromatic heterocycles. The van der Waals surface area contributed by atoms with E-state index < -0.39 is 6.10 Å². The van der Waals surface area contributed by atoms with Gasteiger partial charge in [0.05, 0.1) is 12.3 Å². The smallest absolute Gasteiger partial charge is 0.258 e. The van der Waals surface area contributed by atoms with E-state index in [1.165, 1.54) is 4.57 Å². The van der Waals surface area contributed by atoms with E-state index in [1.54, 1.807) is 25.2 Å². The van der Waals surface area contributed by atoms with Gasteiger partial charge in [-0.25, -0.2) is 0 Å². The Kier molecular flexibility index (Phi) is 6.73. The molecule has 0 aliphatic heterocycles. The Balaban J connectivity index is 2.35. The van der Waals surface area contributed by atoms with Crippen LogP contribution in [-0.2, 0) is 16.6 Å². The second-order valence-corrected chi connectivity index (χ2v) is 8.34. The molecule has 6 heteroatoms. The molecule has 0 N–H and O–H groups in total. The van der Waals surface area contributed by atoms with Gasteiger partial charge in [0.15, 0.2) is 12.4 Å². The minimum absolute atomic E-state index is 0.183. The van der Waals surface area contributed by atoms with Gasteiger partial charge in [0.1, 0.15) is 0 Å². The highest BCUT2D eigenvalue weighted by Gasteiger charge is 2.24. The molecule has 1 unspecified atom stereocenters. The third-order valence-corrected chi connectivity index (χ3v) is 5.44. The molecule has 0 saturated heterocycles. The molecule has 3 aromatic rings. The number of ether oxygens (including phenoxy) is 1. The average Bonchev–Trinajstić information content (AvgIpc) is 2.69. The summed E-state index contributed by atoms with van der Waals surface area (Å²) in [7, 11) is 1.67. The molecule has 150 valence electrons. The second-order valence-electron chi connectivity index (χ2n) is 6.99. The SMILES string of the molecule is CC(C)=CCOC(C=O)c1c(-c2ccc(Cl)cc2)c2cc(Br)ccc2c(=O)n1C. The number of carbonyl (C=O) groups excluding carboxylic acids is 1. The molecule has 2 aromatic carbocycles. The predicted octanol–water partition coefficient (Wildman–Crippen LogP) is 5.84. The number of aldehydes is 1. The molecule has 29 heavy (non-hydrogen) atoms. The highest BCUT2D eigenvalue weighted by atomic mass is 79.9. The molecular weight excluding hydrogens is 454 g/mol. The average molecular weight is 475 g/mol. The van der Waals surface area contributed by atoms with Crippen LogP contribution in [0, 0.1) is 0 Å². The molecule has 0 spiro atoms. The summed E-state index contributed by atoms with van der Waals surface area (Å²) >= 11 is 9.57. The largest absolute Gasteiger partial charge is 0.360 e. The van der Waals surface area contributed by atoms with Crippen LogP contribution in [0.2, 0.25) is 5.02 Å². The first-order valence-electron chi connectivity index (χ1n) is 9.11. The van der Waals surface area contributed by atoms with Crippen molar-refractivity contribution in [3.8, 4) is 11.1 Å². The number of rotatable bonds is 6. The van der Waals surface area contributed by atoms with Crippen molar-refractivity contribution >= 4 is 44.6 Å². The van der Waals surface area contributed by atoms with Gasteiger partial charge < -0.3 is 14.1 Å². The quantitative estimate of drug-likeness (QED) is 0.333. The summed E-state index contributed by atoms with van der Waals surface area (Å²) in [5, 5.41) is 1.92. The fourth-order valence-corrected chi connectivity index (χ4v) is 3.75. The Morgan fingerprint density at radius 2 is 1.86 bits per heavy atom. The van der Waals surface area contributed by atoms with Crippen molar-refractivity contribution < 1.29 is 9.53 Å². The lowest BCUT2D eigenvalue weighted by Gasteiger charge is -2.22. The van der Waals surface area contributed by atoms with Crippen LogP contribution in [-0.4, -0.2) is 17.5 Å². The number of nitrogens with zero attached hydrogens (tertiary/aromatic N) is 1. The maximum atomic E-state index is 13.0. The van der Waals surface area contributed by atoms with Gasteiger partial charge in [0, 0.05) is 27.5 Å². The zero-order chi connectivity index (χ0) is 21.1. The van der Waals surface area contributed by atoms with E-state index in [0.717, 1.165) is 32.8 Å². The van der Waals surface area contributed by atoms with Crippen LogP contribution in [0.4, 0.5) is 0 Å². The molecule has 1 heterocycles. The fraction of sp³-hybridized carbons (Fsp3) is 0.217. The first-order chi connectivity index (χ1) is 13.8. The van der Waals surface area contributed by atoms with Crippen molar-refractivity contribution in [2.45, 2.75) is 20.0 Å². The highest BCUT2D eigenvalue weighted by Crippen LogP contribution is 2.36. The Labute approximate surface area is 182 Å². The van der Waals surface area contributed by atoms with Crippen molar-refractivity contribution in [2.75, 3.05) is 6.61 Å². The number of halogens is 2. The molecule has 0 fully saturated rings. The third-order valence-electron chi connectivity index (χ3n) is 4.70. The van der Waals surface area contributed by atoms with Crippen molar-refractivity contribution in [3.63, 3.8) is 0 Å². The number of aromatic nitrogens is 1. The first-order valence-corrected chi connectivity index (χ1v) is 10.3. The Morgan fingerprint density at radius 3 is 2.48 bits per heavy atom. The van der Waals surface area contributed by atoms with Crippen molar-refractivity contribution in [1.82, 2.24) is 4.57 Å². The van der Waals surface area contributed by atoms with Crippen molar-refractivity contribution in [2.24, 2.45) is 7.05 Å². The van der Waals surface area contributed by atoms with Gasteiger partial charge in [-0.2, -0.15) is 0 Å². The van der Waals surface area contributed by atoms with E-state index in [0.29, 0.717) is 16.1 Å². The summed E-state index contributed by atoms with van der Waals surface area (Å²) in [6, 6.07) is 12.8. The van der Waals surface area contributed by atoms with Gasteiger partial charge in [-0.1, -0.05) is 51.3 Å².